The number of rotatable bonds is 2. The molecule has 0 heterocycles. The zero-order valence-corrected chi connectivity index (χ0v) is 9.11. The fourth-order valence-electron chi connectivity index (χ4n) is 1.53. The smallest absolute Gasteiger partial charge is 0.508 e. The maximum absolute atomic E-state index is 12.0. The van der Waals surface area contributed by atoms with E-state index < -0.39 is 6.36 Å². The lowest BCUT2D eigenvalue weighted by Gasteiger charge is -2.09. The lowest BCUT2D eigenvalue weighted by atomic mass is 10.1. The minimum atomic E-state index is -4.69. The Labute approximate surface area is 101 Å². The van der Waals surface area contributed by atoms with E-state index in [2.05, 4.69) is 4.74 Å². The standard InChI is InChI=1S/C13H9F3O2/c14-13(15,16)18-12-6-4-9(5-7-12)10-2-1-3-11(17)8-10/h1-8,17H. The van der Waals surface area contributed by atoms with Crippen molar-refractivity contribution in [3.05, 3.63) is 48.5 Å². The van der Waals surface area contributed by atoms with Crippen LogP contribution in [0.25, 0.3) is 11.1 Å². The van der Waals surface area contributed by atoms with Crippen LogP contribution in [0.15, 0.2) is 48.5 Å². The van der Waals surface area contributed by atoms with E-state index in [1.807, 2.05) is 0 Å². The van der Waals surface area contributed by atoms with Crippen LogP contribution in [0.4, 0.5) is 13.2 Å². The molecule has 0 aliphatic carbocycles. The Morgan fingerprint density at radius 1 is 0.889 bits per heavy atom. The minimum absolute atomic E-state index is 0.100. The van der Waals surface area contributed by atoms with E-state index in [4.69, 9.17) is 0 Å². The number of benzene rings is 2. The van der Waals surface area contributed by atoms with Gasteiger partial charge in [-0.3, -0.25) is 0 Å². The van der Waals surface area contributed by atoms with Gasteiger partial charge in [0.05, 0.1) is 0 Å². The molecule has 0 aromatic heterocycles. The number of hydrogen-bond acceptors (Lipinski definition) is 2. The third kappa shape index (κ3) is 3.16. The number of halogens is 3. The van der Waals surface area contributed by atoms with E-state index in [9.17, 15) is 18.3 Å². The maximum Gasteiger partial charge on any atom is 0.573 e. The van der Waals surface area contributed by atoms with Gasteiger partial charge in [-0.15, -0.1) is 13.2 Å². The zero-order valence-electron chi connectivity index (χ0n) is 9.11. The number of hydrogen-bond donors (Lipinski definition) is 1. The Morgan fingerprint density at radius 2 is 1.56 bits per heavy atom. The van der Waals surface area contributed by atoms with Crippen LogP contribution in [0.3, 0.4) is 0 Å². The van der Waals surface area contributed by atoms with Crippen LogP contribution in [0.2, 0.25) is 0 Å². The molecule has 0 saturated heterocycles. The van der Waals surface area contributed by atoms with Gasteiger partial charge in [0.1, 0.15) is 11.5 Å². The third-order valence-corrected chi connectivity index (χ3v) is 2.27. The molecule has 0 amide bonds. The van der Waals surface area contributed by atoms with Gasteiger partial charge < -0.3 is 9.84 Å². The third-order valence-electron chi connectivity index (χ3n) is 2.27. The molecule has 0 radical (unpaired) electrons. The highest BCUT2D eigenvalue weighted by Gasteiger charge is 2.30. The fourth-order valence-corrected chi connectivity index (χ4v) is 1.53. The molecule has 0 atom stereocenters. The van der Waals surface area contributed by atoms with Crippen LogP contribution in [-0.4, -0.2) is 11.5 Å². The van der Waals surface area contributed by atoms with Crippen molar-refractivity contribution in [1.29, 1.82) is 0 Å². The molecule has 5 heteroatoms. The molecular formula is C13H9F3O2. The fraction of sp³-hybridized carbons (Fsp3) is 0.0769. The summed E-state index contributed by atoms with van der Waals surface area (Å²) in [5.41, 5.74) is 1.41. The molecule has 2 rings (SSSR count). The van der Waals surface area contributed by atoms with Crippen LogP contribution in [0, 0.1) is 0 Å². The first-order chi connectivity index (χ1) is 8.44. The molecule has 0 unspecified atom stereocenters. The van der Waals surface area contributed by atoms with E-state index in [0.717, 1.165) is 0 Å². The second kappa shape index (κ2) is 4.60. The molecule has 1 N–H and O–H groups in total. The van der Waals surface area contributed by atoms with Crippen molar-refractivity contribution in [2.75, 3.05) is 0 Å². The van der Waals surface area contributed by atoms with E-state index in [-0.39, 0.29) is 11.5 Å². The first-order valence-electron chi connectivity index (χ1n) is 5.09. The molecule has 0 aliphatic rings. The highest BCUT2D eigenvalue weighted by Crippen LogP contribution is 2.27. The Morgan fingerprint density at radius 3 is 2.11 bits per heavy atom. The van der Waals surface area contributed by atoms with E-state index in [1.54, 1.807) is 12.1 Å². The van der Waals surface area contributed by atoms with Crippen molar-refractivity contribution in [2.45, 2.75) is 6.36 Å². The van der Waals surface area contributed by atoms with Gasteiger partial charge in [-0.1, -0.05) is 24.3 Å². The van der Waals surface area contributed by atoms with Gasteiger partial charge in [-0.2, -0.15) is 0 Å². The van der Waals surface area contributed by atoms with Crippen LogP contribution in [-0.2, 0) is 0 Å². The van der Waals surface area contributed by atoms with Crippen LogP contribution >= 0.6 is 0 Å². The van der Waals surface area contributed by atoms with Crippen LogP contribution < -0.4 is 4.74 Å². The monoisotopic (exact) mass is 254 g/mol. The van der Waals surface area contributed by atoms with Gasteiger partial charge >= 0.3 is 6.36 Å². The molecule has 2 aromatic rings. The molecule has 0 bridgehead atoms. The van der Waals surface area contributed by atoms with Gasteiger partial charge in [-0.05, 0) is 35.4 Å². The lowest BCUT2D eigenvalue weighted by Crippen LogP contribution is -2.16. The van der Waals surface area contributed by atoms with Crippen LogP contribution in [0.1, 0.15) is 0 Å². The van der Waals surface area contributed by atoms with E-state index in [0.29, 0.717) is 11.1 Å². The van der Waals surface area contributed by atoms with Gasteiger partial charge in [0.25, 0.3) is 0 Å². The lowest BCUT2D eigenvalue weighted by molar-refractivity contribution is -0.274. The Kier molecular flexibility index (Phi) is 3.14. The van der Waals surface area contributed by atoms with Crippen molar-refractivity contribution in [3.8, 4) is 22.6 Å². The minimum Gasteiger partial charge on any atom is -0.508 e. The normalized spacial score (nSPS) is 11.3. The van der Waals surface area contributed by atoms with Gasteiger partial charge in [-0.25, -0.2) is 0 Å². The summed E-state index contributed by atoms with van der Waals surface area (Å²) in [5.74, 6) is -0.172. The summed E-state index contributed by atoms with van der Waals surface area (Å²) >= 11 is 0. The van der Waals surface area contributed by atoms with Gasteiger partial charge in [0.15, 0.2) is 0 Å². The molecule has 18 heavy (non-hydrogen) atoms. The summed E-state index contributed by atoms with van der Waals surface area (Å²) in [6.07, 6.45) is -4.69. The topological polar surface area (TPSA) is 29.5 Å². The van der Waals surface area contributed by atoms with Crippen molar-refractivity contribution >= 4 is 0 Å². The first kappa shape index (κ1) is 12.3. The average molecular weight is 254 g/mol. The summed E-state index contributed by atoms with van der Waals surface area (Å²) in [6, 6.07) is 11.9. The summed E-state index contributed by atoms with van der Waals surface area (Å²) in [7, 11) is 0. The van der Waals surface area contributed by atoms with Gasteiger partial charge in [0, 0.05) is 0 Å². The second-order valence-electron chi connectivity index (χ2n) is 3.62. The summed E-state index contributed by atoms with van der Waals surface area (Å²) in [5, 5.41) is 9.31. The Balaban J connectivity index is 2.22. The number of ether oxygens (including phenoxy) is 1. The summed E-state index contributed by atoms with van der Waals surface area (Å²) in [6.45, 7) is 0. The highest BCUT2D eigenvalue weighted by atomic mass is 19.4. The molecule has 0 aliphatic heterocycles. The van der Waals surface area contributed by atoms with Gasteiger partial charge in [0.2, 0.25) is 0 Å². The van der Waals surface area contributed by atoms with Crippen molar-refractivity contribution in [2.24, 2.45) is 0 Å². The molecule has 2 aromatic carbocycles. The van der Waals surface area contributed by atoms with E-state index in [1.165, 1.54) is 36.4 Å². The molecule has 2 nitrogen and oxygen atoms in total. The number of phenolic OH excluding ortho intramolecular Hbond substituents is 1. The molecular weight excluding hydrogens is 245 g/mol. The quantitative estimate of drug-likeness (QED) is 0.879. The zero-order chi connectivity index (χ0) is 13.2. The first-order valence-corrected chi connectivity index (χ1v) is 5.09. The Bertz CT molecular complexity index is 533. The average Bonchev–Trinajstić information content (AvgIpc) is 2.28. The number of alkyl halides is 3. The SMILES string of the molecule is Oc1cccc(-c2ccc(OC(F)(F)F)cc2)c1. The predicted octanol–water partition coefficient (Wildman–Crippen LogP) is 3.96. The maximum atomic E-state index is 12.0. The van der Waals surface area contributed by atoms with E-state index >= 15 is 0 Å². The Hall–Kier alpha value is -2.17. The predicted molar refractivity (Wildman–Crippen MR) is 60.2 cm³/mol. The molecule has 94 valence electrons. The summed E-state index contributed by atoms with van der Waals surface area (Å²) < 4.78 is 39.7. The van der Waals surface area contributed by atoms with Crippen molar-refractivity contribution < 1.29 is 23.0 Å². The van der Waals surface area contributed by atoms with Crippen molar-refractivity contribution in [3.63, 3.8) is 0 Å². The highest BCUT2D eigenvalue weighted by molar-refractivity contribution is 5.65. The summed E-state index contributed by atoms with van der Waals surface area (Å²) in [4.78, 5) is 0. The molecule has 0 fully saturated rings. The second-order valence-corrected chi connectivity index (χ2v) is 3.62. The molecule has 0 saturated carbocycles. The number of aromatic hydroxyl groups is 1. The molecule has 0 spiro atoms. The van der Waals surface area contributed by atoms with Crippen molar-refractivity contribution in [1.82, 2.24) is 0 Å². The van der Waals surface area contributed by atoms with Crippen LogP contribution in [0.5, 0.6) is 11.5 Å². The number of phenols is 1. The largest absolute Gasteiger partial charge is 0.573 e.